The monoisotopic (exact) mass is 378 g/mol. The standard InChI is InChI=1S/C20H22N6O2/c1-12-7-8-26(16(9-12)13-5-3-2-4-6-13)20(28)19(27)24-15-11-22-18(21)14-10-23-25-17(14)15/h2-6,10-12,16H,7-9H2,1H3,(H2,21,22)(H,23,25)(H,24,27)/t12-,16+/m0/s1. The van der Waals surface area contributed by atoms with Gasteiger partial charge in [-0.25, -0.2) is 4.98 Å². The van der Waals surface area contributed by atoms with E-state index in [-0.39, 0.29) is 6.04 Å². The van der Waals surface area contributed by atoms with Crippen LogP contribution in [0.1, 0.15) is 31.4 Å². The third-order valence-electron chi connectivity index (χ3n) is 5.27. The van der Waals surface area contributed by atoms with Crippen molar-refractivity contribution < 1.29 is 9.59 Å². The van der Waals surface area contributed by atoms with Gasteiger partial charge in [0.25, 0.3) is 0 Å². The lowest BCUT2D eigenvalue weighted by Gasteiger charge is -2.38. The Morgan fingerprint density at radius 1 is 1.25 bits per heavy atom. The summed E-state index contributed by atoms with van der Waals surface area (Å²) in [6.45, 7) is 2.72. The summed E-state index contributed by atoms with van der Waals surface area (Å²) in [6, 6.07) is 9.73. The van der Waals surface area contributed by atoms with Gasteiger partial charge in [-0.1, -0.05) is 37.3 Å². The Morgan fingerprint density at radius 3 is 2.82 bits per heavy atom. The number of anilines is 2. The molecule has 0 radical (unpaired) electrons. The maximum absolute atomic E-state index is 13.0. The second-order valence-electron chi connectivity index (χ2n) is 7.22. The van der Waals surface area contributed by atoms with Crippen LogP contribution < -0.4 is 11.1 Å². The molecule has 0 bridgehead atoms. The Labute approximate surface area is 162 Å². The van der Waals surface area contributed by atoms with E-state index in [1.54, 1.807) is 4.90 Å². The first kappa shape index (κ1) is 18.0. The molecule has 28 heavy (non-hydrogen) atoms. The van der Waals surface area contributed by atoms with Gasteiger partial charge in [0.15, 0.2) is 0 Å². The van der Waals surface area contributed by atoms with Crippen LogP contribution >= 0.6 is 0 Å². The van der Waals surface area contributed by atoms with Gasteiger partial charge in [0.05, 0.1) is 35.0 Å². The molecule has 2 amide bonds. The Bertz CT molecular complexity index is 1020. The molecule has 0 aliphatic carbocycles. The average molecular weight is 378 g/mol. The normalized spacial score (nSPS) is 19.5. The SMILES string of the molecule is C[C@H]1CCN(C(=O)C(=O)Nc2cnc(N)c3cn[nH]c23)[C@@H](c2ccccc2)C1. The van der Waals surface area contributed by atoms with Gasteiger partial charge >= 0.3 is 11.8 Å². The third-order valence-corrected chi connectivity index (χ3v) is 5.27. The van der Waals surface area contributed by atoms with Crippen molar-refractivity contribution in [1.82, 2.24) is 20.1 Å². The summed E-state index contributed by atoms with van der Waals surface area (Å²) in [5.74, 6) is -0.450. The second-order valence-corrected chi connectivity index (χ2v) is 7.22. The molecule has 1 aromatic carbocycles. The number of nitrogens with zero attached hydrogens (tertiary/aromatic N) is 3. The summed E-state index contributed by atoms with van der Waals surface area (Å²) in [7, 11) is 0. The van der Waals surface area contributed by atoms with E-state index in [4.69, 9.17) is 5.73 Å². The Balaban J connectivity index is 1.57. The minimum absolute atomic E-state index is 0.111. The number of hydrogen-bond donors (Lipinski definition) is 3. The number of nitrogen functional groups attached to an aromatic ring is 1. The van der Waals surface area contributed by atoms with Gasteiger partial charge in [0.1, 0.15) is 5.82 Å². The van der Waals surface area contributed by atoms with Crippen molar-refractivity contribution >= 4 is 34.2 Å². The number of benzene rings is 1. The topological polar surface area (TPSA) is 117 Å². The number of aromatic amines is 1. The first-order valence-corrected chi connectivity index (χ1v) is 9.29. The second kappa shape index (κ2) is 7.30. The van der Waals surface area contributed by atoms with Crippen molar-refractivity contribution in [2.75, 3.05) is 17.6 Å². The van der Waals surface area contributed by atoms with Crippen LogP contribution in [0.4, 0.5) is 11.5 Å². The number of fused-ring (bicyclic) bond motifs is 1. The van der Waals surface area contributed by atoms with E-state index in [0.717, 1.165) is 18.4 Å². The molecule has 2 atom stereocenters. The van der Waals surface area contributed by atoms with E-state index in [0.29, 0.717) is 34.9 Å². The van der Waals surface area contributed by atoms with Gasteiger partial charge in [-0.05, 0) is 24.3 Å². The average Bonchev–Trinajstić information content (AvgIpc) is 3.21. The van der Waals surface area contributed by atoms with Crippen LogP contribution in [0.15, 0.2) is 42.7 Å². The highest BCUT2D eigenvalue weighted by molar-refractivity contribution is 6.40. The lowest BCUT2D eigenvalue weighted by atomic mass is 9.88. The molecule has 3 heterocycles. The lowest BCUT2D eigenvalue weighted by Crippen LogP contribution is -2.45. The molecule has 0 saturated carbocycles. The number of hydrogen-bond acceptors (Lipinski definition) is 5. The molecule has 3 aromatic rings. The third kappa shape index (κ3) is 3.28. The lowest BCUT2D eigenvalue weighted by molar-refractivity contribution is -0.146. The minimum atomic E-state index is -0.696. The fraction of sp³-hybridized carbons (Fsp3) is 0.300. The highest BCUT2D eigenvalue weighted by Gasteiger charge is 2.34. The predicted molar refractivity (Wildman–Crippen MR) is 106 cm³/mol. The van der Waals surface area contributed by atoms with Crippen LogP contribution in [0.25, 0.3) is 10.9 Å². The van der Waals surface area contributed by atoms with Crippen LogP contribution in [0.5, 0.6) is 0 Å². The molecule has 0 unspecified atom stereocenters. The zero-order valence-electron chi connectivity index (χ0n) is 15.6. The highest BCUT2D eigenvalue weighted by atomic mass is 16.2. The van der Waals surface area contributed by atoms with E-state index < -0.39 is 11.8 Å². The Hall–Kier alpha value is -3.42. The number of nitrogens with one attached hydrogen (secondary N) is 2. The van der Waals surface area contributed by atoms with Crippen LogP contribution in [-0.4, -0.2) is 38.4 Å². The summed E-state index contributed by atoms with van der Waals surface area (Å²) in [5, 5.41) is 9.97. The number of pyridine rings is 1. The van der Waals surface area contributed by atoms with Gasteiger partial charge < -0.3 is 16.0 Å². The number of H-pyrrole nitrogens is 1. The van der Waals surface area contributed by atoms with Crippen molar-refractivity contribution in [1.29, 1.82) is 0 Å². The van der Waals surface area contributed by atoms with Crippen LogP contribution in [0, 0.1) is 5.92 Å². The molecule has 8 heteroatoms. The van der Waals surface area contributed by atoms with Crippen molar-refractivity contribution in [3.63, 3.8) is 0 Å². The molecule has 1 aliphatic rings. The van der Waals surface area contributed by atoms with E-state index in [1.807, 2.05) is 30.3 Å². The van der Waals surface area contributed by atoms with Crippen LogP contribution in [0.2, 0.25) is 0 Å². The number of nitrogens with two attached hydrogens (primary N) is 1. The Kier molecular flexibility index (Phi) is 4.68. The molecule has 2 aromatic heterocycles. The number of carbonyl (C=O) groups excluding carboxylic acids is 2. The zero-order chi connectivity index (χ0) is 19.7. The maximum atomic E-state index is 13.0. The molecular weight excluding hydrogens is 356 g/mol. The molecule has 1 aliphatic heterocycles. The number of piperidine rings is 1. The van der Waals surface area contributed by atoms with Gasteiger partial charge in [-0.3, -0.25) is 14.7 Å². The number of amides is 2. The summed E-state index contributed by atoms with van der Waals surface area (Å²) in [4.78, 5) is 31.4. The first-order chi connectivity index (χ1) is 13.5. The summed E-state index contributed by atoms with van der Waals surface area (Å²) in [6.07, 6.45) is 4.66. The smallest absolute Gasteiger partial charge is 0.314 e. The van der Waals surface area contributed by atoms with Crippen molar-refractivity contribution in [2.45, 2.75) is 25.8 Å². The van der Waals surface area contributed by atoms with Crippen molar-refractivity contribution in [2.24, 2.45) is 5.92 Å². The fourth-order valence-electron chi connectivity index (χ4n) is 3.73. The number of likely N-dealkylation sites (tertiary alicyclic amines) is 1. The van der Waals surface area contributed by atoms with Gasteiger partial charge in [-0.2, -0.15) is 5.10 Å². The van der Waals surface area contributed by atoms with Crippen LogP contribution in [0.3, 0.4) is 0 Å². The first-order valence-electron chi connectivity index (χ1n) is 9.29. The number of rotatable bonds is 2. The molecular formula is C20H22N6O2. The van der Waals surface area contributed by atoms with Crippen molar-refractivity contribution in [3.05, 3.63) is 48.3 Å². The number of carbonyl (C=O) groups is 2. The van der Waals surface area contributed by atoms with Crippen molar-refractivity contribution in [3.8, 4) is 0 Å². The molecule has 1 fully saturated rings. The molecule has 4 rings (SSSR count). The minimum Gasteiger partial charge on any atom is -0.383 e. The summed E-state index contributed by atoms with van der Waals surface area (Å²) >= 11 is 0. The molecule has 0 spiro atoms. The van der Waals surface area contributed by atoms with E-state index >= 15 is 0 Å². The fourth-order valence-corrected chi connectivity index (χ4v) is 3.73. The number of aromatic nitrogens is 3. The molecule has 4 N–H and O–H groups in total. The summed E-state index contributed by atoms with van der Waals surface area (Å²) < 4.78 is 0. The Morgan fingerprint density at radius 2 is 2.04 bits per heavy atom. The molecule has 8 nitrogen and oxygen atoms in total. The maximum Gasteiger partial charge on any atom is 0.314 e. The van der Waals surface area contributed by atoms with E-state index in [9.17, 15) is 9.59 Å². The quantitative estimate of drug-likeness (QED) is 0.592. The highest BCUT2D eigenvalue weighted by Crippen LogP contribution is 2.34. The zero-order valence-corrected chi connectivity index (χ0v) is 15.6. The van der Waals surface area contributed by atoms with Crippen LogP contribution in [-0.2, 0) is 9.59 Å². The molecule has 144 valence electrons. The van der Waals surface area contributed by atoms with E-state index in [2.05, 4.69) is 27.4 Å². The van der Waals surface area contributed by atoms with Gasteiger partial charge in [0.2, 0.25) is 0 Å². The largest absolute Gasteiger partial charge is 0.383 e. The van der Waals surface area contributed by atoms with E-state index in [1.165, 1.54) is 12.4 Å². The molecule has 1 saturated heterocycles. The van der Waals surface area contributed by atoms with Gasteiger partial charge in [-0.15, -0.1) is 0 Å². The van der Waals surface area contributed by atoms with Gasteiger partial charge in [0, 0.05) is 6.54 Å². The predicted octanol–water partition coefficient (Wildman–Crippen LogP) is 2.48. The summed E-state index contributed by atoms with van der Waals surface area (Å²) in [5.41, 5.74) is 7.77.